The van der Waals surface area contributed by atoms with Crippen LogP contribution in [-0.2, 0) is 6.54 Å². The Bertz CT molecular complexity index is 894. The first-order valence-corrected chi connectivity index (χ1v) is 11.4. The SMILES string of the molecule is CCCNc1ccc(CN2CCN(C(c3ccccc3)c3ccccc3)CC2)cc1N. The molecule has 1 heterocycles. The lowest BCUT2D eigenvalue weighted by molar-refractivity contribution is 0.105. The van der Waals surface area contributed by atoms with Gasteiger partial charge >= 0.3 is 0 Å². The molecule has 0 radical (unpaired) electrons. The first-order valence-electron chi connectivity index (χ1n) is 11.4. The maximum Gasteiger partial charge on any atom is 0.0602 e. The average Bonchev–Trinajstić information content (AvgIpc) is 2.81. The molecule has 3 aromatic rings. The van der Waals surface area contributed by atoms with Crippen molar-refractivity contribution in [2.45, 2.75) is 25.9 Å². The number of anilines is 2. The largest absolute Gasteiger partial charge is 0.397 e. The van der Waals surface area contributed by atoms with Gasteiger partial charge in [0.15, 0.2) is 0 Å². The van der Waals surface area contributed by atoms with Gasteiger partial charge in [0.25, 0.3) is 0 Å². The number of rotatable bonds is 8. The summed E-state index contributed by atoms with van der Waals surface area (Å²) in [5.74, 6) is 0. The van der Waals surface area contributed by atoms with Gasteiger partial charge in [-0.05, 0) is 35.2 Å². The normalized spacial score (nSPS) is 15.3. The minimum absolute atomic E-state index is 0.309. The maximum absolute atomic E-state index is 6.27. The molecule has 0 unspecified atom stereocenters. The van der Waals surface area contributed by atoms with E-state index in [1.807, 2.05) is 0 Å². The number of nitrogen functional groups attached to an aromatic ring is 1. The van der Waals surface area contributed by atoms with E-state index < -0.39 is 0 Å². The molecule has 0 aliphatic carbocycles. The van der Waals surface area contributed by atoms with E-state index >= 15 is 0 Å². The molecule has 0 aromatic heterocycles. The molecule has 1 aliphatic heterocycles. The molecule has 0 saturated carbocycles. The first kappa shape index (κ1) is 21.4. The van der Waals surface area contributed by atoms with Gasteiger partial charge in [-0.25, -0.2) is 0 Å². The van der Waals surface area contributed by atoms with E-state index in [0.29, 0.717) is 6.04 Å². The fourth-order valence-electron chi connectivity index (χ4n) is 4.45. The van der Waals surface area contributed by atoms with Crippen LogP contribution in [0.15, 0.2) is 78.9 Å². The van der Waals surface area contributed by atoms with Crippen LogP contribution in [0.4, 0.5) is 11.4 Å². The quantitative estimate of drug-likeness (QED) is 0.509. The van der Waals surface area contributed by atoms with Crippen molar-refractivity contribution in [3.8, 4) is 0 Å². The summed E-state index contributed by atoms with van der Waals surface area (Å²) in [4.78, 5) is 5.16. The van der Waals surface area contributed by atoms with Crippen LogP contribution in [-0.4, -0.2) is 42.5 Å². The van der Waals surface area contributed by atoms with Crippen LogP contribution in [0.25, 0.3) is 0 Å². The summed E-state index contributed by atoms with van der Waals surface area (Å²) in [6.45, 7) is 8.30. The van der Waals surface area contributed by atoms with Crippen LogP contribution in [0, 0.1) is 0 Å². The van der Waals surface area contributed by atoms with Crippen molar-refractivity contribution in [2.75, 3.05) is 43.8 Å². The van der Waals surface area contributed by atoms with Crippen LogP contribution >= 0.6 is 0 Å². The third-order valence-electron chi connectivity index (χ3n) is 6.09. The Hall–Kier alpha value is -2.82. The van der Waals surface area contributed by atoms with Gasteiger partial charge in [0, 0.05) is 39.3 Å². The highest BCUT2D eigenvalue weighted by Crippen LogP contribution is 2.30. The Morgan fingerprint density at radius 3 is 2.00 bits per heavy atom. The molecular weight excluding hydrogens is 380 g/mol. The highest BCUT2D eigenvalue weighted by atomic mass is 15.3. The van der Waals surface area contributed by atoms with Gasteiger partial charge in [-0.2, -0.15) is 0 Å². The van der Waals surface area contributed by atoms with Gasteiger partial charge in [0.2, 0.25) is 0 Å². The van der Waals surface area contributed by atoms with E-state index in [4.69, 9.17) is 5.73 Å². The predicted octanol–water partition coefficient (Wildman–Crippen LogP) is 5.00. The van der Waals surface area contributed by atoms with Crippen LogP contribution < -0.4 is 11.1 Å². The van der Waals surface area contributed by atoms with Crippen LogP contribution in [0.1, 0.15) is 36.1 Å². The molecule has 3 aromatic carbocycles. The zero-order valence-electron chi connectivity index (χ0n) is 18.5. The molecule has 0 bridgehead atoms. The fraction of sp³-hybridized carbons (Fsp3) is 0.333. The Labute approximate surface area is 186 Å². The zero-order valence-corrected chi connectivity index (χ0v) is 18.5. The summed E-state index contributed by atoms with van der Waals surface area (Å²) in [7, 11) is 0. The molecule has 1 fully saturated rings. The number of nitrogens with two attached hydrogens (primary N) is 1. The van der Waals surface area contributed by atoms with Gasteiger partial charge in [-0.3, -0.25) is 9.80 Å². The number of hydrogen-bond acceptors (Lipinski definition) is 4. The highest BCUT2D eigenvalue weighted by molar-refractivity contribution is 5.66. The minimum Gasteiger partial charge on any atom is -0.397 e. The second kappa shape index (κ2) is 10.5. The molecule has 1 aliphatic rings. The summed E-state index contributed by atoms with van der Waals surface area (Å²) < 4.78 is 0. The summed E-state index contributed by atoms with van der Waals surface area (Å²) in [5.41, 5.74) is 12.2. The molecule has 162 valence electrons. The van der Waals surface area contributed by atoms with Crippen molar-refractivity contribution in [3.63, 3.8) is 0 Å². The van der Waals surface area contributed by atoms with Crippen molar-refractivity contribution >= 4 is 11.4 Å². The molecule has 31 heavy (non-hydrogen) atoms. The van der Waals surface area contributed by atoms with Gasteiger partial charge < -0.3 is 11.1 Å². The maximum atomic E-state index is 6.27. The molecule has 0 spiro atoms. The molecule has 3 N–H and O–H groups in total. The third kappa shape index (κ3) is 5.46. The van der Waals surface area contributed by atoms with Gasteiger partial charge in [-0.1, -0.05) is 73.7 Å². The standard InChI is InChI=1S/C27H34N4/c1-2-15-29-26-14-13-22(20-25(26)28)21-30-16-18-31(19-17-30)27(23-9-5-3-6-10-23)24-11-7-4-8-12-24/h3-14,20,27,29H,2,15-19,21,28H2,1H3. The predicted molar refractivity (Wildman–Crippen MR) is 131 cm³/mol. The zero-order chi connectivity index (χ0) is 21.5. The van der Waals surface area contributed by atoms with Crippen molar-refractivity contribution in [1.29, 1.82) is 0 Å². The minimum atomic E-state index is 0.309. The van der Waals surface area contributed by atoms with Crippen molar-refractivity contribution in [1.82, 2.24) is 9.80 Å². The number of hydrogen-bond donors (Lipinski definition) is 2. The van der Waals surface area contributed by atoms with Crippen molar-refractivity contribution in [3.05, 3.63) is 95.6 Å². The van der Waals surface area contributed by atoms with E-state index in [0.717, 1.165) is 57.1 Å². The van der Waals surface area contributed by atoms with E-state index in [1.54, 1.807) is 0 Å². The van der Waals surface area contributed by atoms with Crippen LogP contribution in [0.5, 0.6) is 0 Å². The average molecular weight is 415 g/mol. The van der Waals surface area contributed by atoms with E-state index in [1.165, 1.54) is 16.7 Å². The number of piperazine rings is 1. The Morgan fingerprint density at radius 2 is 1.45 bits per heavy atom. The van der Waals surface area contributed by atoms with E-state index in [2.05, 4.69) is 101 Å². The van der Waals surface area contributed by atoms with Crippen molar-refractivity contribution < 1.29 is 0 Å². The van der Waals surface area contributed by atoms with Crippen molar-refractivity contribution in [2.24, 2.45) is 0 Å². The summed E-state index contributed by atoms with van der Waals surface area (Å²) in [6, 6.07) is 28.5. The Kier molecular flexibility index (Phi) is 7.23. The lowest BCUT2D eigenvalue weighted by Crippen LogP contribution is -2.47. The monoisotopic (exact) mass is 414 g/mol. The first-order chi connectivity index (χ1) is 15.2. The highest BCUT2D eigenvalue weighted by Gasteiger charge is 2.26. The number of nitrogens with one attached hydrogen (secondary N) is 1. The molecule has 0 atom stereocenters. The number of benzene rings is 3. The molecule has 4 heteroatoms. The molecule has 1 saturated heterocycles. The van der Waals surface area contributed by atoms with Gasteiger partial charge in [0.05, 0.1) is 17.4 Å². The lowest BCUT2D eigenvalue weighted by atomic mass is 9.96. The Balaban J connectivity index is 1.41. The third-order valence-corrected chi connectivity index (χ3v) is 6.09. The van der Waals surface area contributed by atoms with Gasteiger partial charge in [-0.15, -0.1) is 0 Å². The molecule has 0 amide bonds. The lowest BCUT2D eigenvalue weighted by Gasteiger charge is -2.40. The molecular formula is C27H34N4. The Morgan fingerprint density at radius 1 is 0.839 bits per heavy atom. The molecule has 4 nitrogen and oxygen atoms in total. The van der Waals surface area contributed by atoms with Crippen LogP contribution in [0.2, 0.25) is 0 Å². The summed E-state index contributed by atoms with van der Waals surface area (Å²) in [5, 5.41) is 3.40. The second-order valence-corrected chi connectivity index (χ2v) is 8.38. The second-order valence-electron chi connectivity index (χ2n) is 8.38. The molecule has 4 rings (SSSR count). The van der Waals surface area contributed by atoms with E-state index in [9.17, 15) is 0 Å². The van der Waals surface area contributed by atoms with Crippen LogP contribution in [0.3, 0.4) is 0 Å². The smallest absolute Gasteiger partial charge is 0.0602 e. The van der Waals surface area contributed by atoms with Gasteiger partial charge in [0.1, 0.15) is 0 Å². The fourth-order valence-corrected chi connectivity index (χ4v) is 4.45. The van der Waals surface area contributed by atoms with E-state index in [-0.39, 0.29) is 0 Å². The summed E-state index contributed by atoms with van der Waals surface area (Å²) in [6.07, 6.45) is 1.10. The topological polar surface area (TPSA) is 44.5 Å². The number of nitrogens with zero attached hydrogens (tertiary/aromatic N) is 2. The summed E-state index contributed by atoms with van der Waals surface area (Å²) >= 11 is 0.